The van der Waals surface area contributed by atoms with Gasteiger partial charge < -0.3 is 19.5 Å². The van der Waals surface area contributed by atoms with Crippen LogP contribution in [0.5, 0.6) is 0 Å². The Balaban J connectivity index is 1.68. The predicted octanol–water partition coefficient (Wildman–Crippen LogP) is 3.66. The van der Waals surface area contributed by atoms with Gasteiger partial charge in [-0.3, -0.25) is 4.57 Å². The first-order valence-electron chi connectivity index (χ1n) is 7.93. The molecule has 2 aromatic carbocycles. The molecule has 1 amide bonds. The number of benzene rings is 2. The molecule has 2 atom stereocenters. The van der Waals surface area contributed by atoms with E-state index in [1.807, 2.05) is 24.3 Å². The molecule has 0 heterocycles. The van der Waals surface area contributed by atoms with E-state index in [2.05, 4.69) is 28.0 Å². The summed E-state index contributed by atoms with van der Waals surface area (Å²) in [5, 5.41) is 2.33. The van der Waals surface area contributed by atoms with E-state index >= 15 is 0 Å². The third-order valence-corrected chi connectivity index (χ3v) is 6.02. The molecule has 0 saturated heterocycles. The Hall–Kier alpha value is -2.14. The van der Waals surface area contributed by atoms with E-state index in [-0.39, 0.29) is 6.61 Å². The second-order valence-electron chi connectivity index (χ2n) is 5.92. The zero-order chi connectivity index (χ0) is 18.0. The molecular formula is C18H20NO5P. The molecule has 25 heavy (non-hydrogen) atoms. The summed E-state index contributed by atoms with van der Waals surface area (Å²) in [5.74, 6) is -1.05. The SMILES string of the molecule is COP(=O)(O)C(C)NC(=O)OCc1cccc2c1Cc1ccccc1-2. The zero-order valence-electron chi connectivity index (χ0n) is 14.1. The first kappa shape index (κ1) is 17.7. The molecule has 0 spiro atoms. The van der Waals surface area contributed by atoms with E-state index in [1.54, 1.807) is 0 Å². The minimum atomic E-state index is -3.88. The lowest BCUT2D eigenvalue weighted by Gasteiger charge is -2.18. The lowest BCUT2D eigenvalue weighted by atomic mass is 10.0. The highest BCUT2D eigenvalue weighted by Gasteiger charge is 2.29. The lowest BCUT2D eigenvalue weighted by molar-refractivity contribution is 0.137. The third kappa shape index (κ3) is 3.61. The molecule has 132 valence electrons. The van der Waals surface area contributed by atoms with Crippen molar-refractivity contribution in [3.8, 4) is 11.1 Å². The smallest absolute Gasteiger partial charge is 0.408 e. The number of nitrogens with one attached hydrogen (secondary N) is 1. The van der Waals surface area contributed by atoms with E-state index in [1.165, 1.54) is 18.1 Å². The molecule has 3 rings (SSSR count). The molecule has 0 saturated carbocycles. The van der Waals surface area contributed by atoms with Gasteiger partial charge in [-0.2, -0.15) is 0 Å². The van der Waals surface area contributed by atoms with Crippen molar-refractivity contribution in [3.05, 3.63) is 59.2 Å². The van der Waals surface area contributed by atoms with Crippen LogP contribution in [0.25, 0.3) is 11.1 Å². The number of ether oxygens (including phenoxy) is 1. The van der Waals surface area contributed by atoms with Gasteiger partial charge in [-0.05, 0) is 41.2 Å². The summed E-state index contributed by atoms with van der Waals surface area (Å²) in [4.78, 5) is 21.4. The van der Waals surface area contributed by atoms with Crippen LogP contribution in [0.4, 0.5) is 4.79 Å². The minimum Gasteiger partial charge on any atom is -0.445 e. The van der Waals surface area contributed by atoms with Crippen LogP contribution in [0.1, 0.15) is 23.6 Å². The molecule has 0 bridgehead atoms. The Labute approximate surface area is 146 Å². The van der Waals surface area contributed by atoms with Crippen LogP contribution in [-0.4, -0.2) is 23.9 Å². The van der Waals surface area contributed by atoms with Gasteiger partial charge in [-0.25, -0.2) is 4.79 Å². The standard InChI is InChI=1S/C18H20NO5P/c1-12(25(21,22)23-2)19-18(20)24-11-14-7-5-9-16-15-8-4-3-6-13(15)10-17(14)16/h3-9,12H,10-11H2,1-2H3,(H,19,20)(H,21,22). The topological polar surface area (TPSA) is 84.9 Å². The van der Waals surface area contributed by atoms with Gasteiger partial charge >= 0.3 is 13.7 Å². The highest BCUT2D eigenvalue weighted by Crippen LogP contribution is 2.44. The van der Waals surface area contributed by atoms with Crippen LogP contribution in [-0.2, 0) is 26.9 Å². The van der Waals surface area contributed by atoms with Crippen LogP contribution in [0, 0.1) is 0 Å². The monoisotopic (exact) mass is 361 g/mol. The molecule has 2 aromatic rings. The molecule has 7 heteroatoms. The number of carbonyl (C=O) groups is 1. The summed E-state index contributed by atoms with van der Waals surface area (Å²) in [7, 11) is -2.76. The van der Waals surface area contributed by atoms with Crippen molar-refractivity contribution >= 4 is 13.7 Å². The van der Waals surface area contributed by atoms with Crippen LogP contribution >= 0.6 is 7.60 Å². The zero-order valence-corrected chi connectivity index (χ0v) is 15.0. The average molecular weight is 361 g/mol. The van der Waals surface area contributed by atoms with Gasteiger partial charge in [0.15, 0.2) is 0 Å². The second-order valence-corrected chi connectivity index (χ2v) is 8.19. The van der Waals surface area contributed by atoms with Crippen LogP contribution in [0.15, 0.2) is 42.5 Å². The average Bonchev–Trinajstić information content (AvgIpc) is 2.99. The van der Waals surface area contributed by atoms with Gasteiger partial charge in [-0.15, -0.1) is 0 Å². The van der Waals surface area contributed by atoms with Gasteiger partial charge in [0.2, 0.25) is 0 Å². The molecule has 1 aliphatic rings. The minimum absolute atomic E-state index is 0.0957. The van der Waals surface area contributed by atoms with Crippen LogP contribution < -0.4 is 5.32 Å². The molecule has 0 fully saturated rings. The van der Waals surface area contributed by atoms with Crippen molar-refractivity contribution in [2.24, 2.45) is 0 Å². The number of amides is 1. The maximum absolute atomic E-state index is 11.9. The summed E-state index contributed by atoms with van der Waals surface area (Å²) in [6, 6.07) is 14.1. The molecule has 1 aliphatic carbocycles. The summed E-state index contributed by atoms with van der Waals surface area (Å²) in [6.45, 7) is 1.49. The first-order valence-corrected chi connectivity index (χ1v) is 9.57. The molecule has 0 aliphatic heterocycles. The van der Waals surface area contributed by atoms with Crippen molar-refractivity contribution in [3.63, 3.8) is 0 Å². The molecule has 0 aromatic heterocycles. The van der Waals surface area contributed by atoms with Gasteiger partial charge in [-0.1, -0.05) is 42.5 Å². The quantitative estimate of drug-likeness (QED) is 0.678. The Bertz CT molecular complexity index is 851. The highest BCUT2D eigenvalue weighted by molar-refractivity contribution is 7.53. The molecule has 6 nitrogen and oxygen atoms in total. The van der Waals surface area contributed by atoms with Crippen LogP contribution in [0.3, 0.4) is 0 Å². The third-order valence-electron chi connectivity index (χ3n) is 4.38. The Morgan fingerprint density at radius 2 is 1.96 bits per heavy atom. The van der Waals surface area contributed by atoms with Crippen molar-refractivity contribution in [1.29, 1.82) is 0 Å². The number of rotatable bonds is 5. The lowest BCUT2D eigenvalue weighted by Crippen LogP contribution is -2.33. The number of fused-ring (bicyclic) bond motifs is 3. The second kappa shape index (κ2) is 7.00. The van der Waals surface area contributed by atoms with E-state index in [9.17, 15) is 14.3 Å². The van der Waals surface area contributed by atoms with E-state index in [4.69, 9.17) is 4.74 Å². The summed E-state index contributed by atoms with van der Waals surface area (Å²) in [5.41, 5.74) is 5.69. The highest BCUT2D eigenvalue weighted by atomic mass is 31.2. The number of alkyl carbamates (subject to hydrolysis) is 1. The normalized spacial score (nSPS) is 15.6. The van der Waals surface area contributed by atoms with Gasteiger partial charge in [0.25, 0.3) is 0 Å². The van der Waals surface area contributed by atoms with E-state index in [0.717, 1.165) is 30.2 Å². The van der Waals surface area contributed by atoms with Crippen molar-refractivity contribution in [2.75, 3.05) is 7.11 Å². The van der Waals surface area contributed by atoms with Crippen LogP contribution in [0.2, 0.25) is 0 Å². The Morgan fingerprint density at radius 3 is 2.72 bits per heavy atom. The Kier molecular flexibility index (Phi) is 4.95. The van der Waals surface area contributed by atoms with Crippen molar-refractivity contribution < 1.29 is 23.5 Å². The fraction of sp³-hybridized carbons (Fsp3) is 0.278. The Morgan fingerprint density at radius 1 is 1.24 bits per heavy atom. The fourth-order valence-electron chi connectivity index (χ4n) is 2.95. The van der Waals surface area contributed by atoms with Gasteiger partial charge in [0.05, 0.1) is 0 Å². The number of hydrogen-bond donors (Lipinski definition) is 2. The largest absolute Gasteiger partial charge is 0.445 e. The summed E-state index contributed by atoms with van der Waals surface area (Å²) in [6.07, 6.45) is 0.0467. The molecule has 2 unspecified atom stereocenters. The molecule has 0 radical (unpaired) electrons. The first-order chi connectivity index (χ1) is 11.9. The fourth-order valence-corrected chi connectivity index (χ4v) is 3.54. The van der Waals surface area contributed by atoms with Gasteiger partial charge in [0.1, 0.15) is 12.4 Å². The van der Waals surface area contributed by atoms with E-state index < -0.39 is 19.5 Å². The number of carbonyl (C=O) groups excluding carboxylic acids is 1. The van der Waals surface area contributed by atoms with E-state index in [0.29, 0.717) is 0 Å². The summed E-state index contributed by atoms with van der Waals surface area (Å²) < 4.78 is 21.4. The molecular weight excluding hydrogens is 341 g/mol. The maximum atomic E-state index is 11.9. The predicted molar refractivity (Wildman–Crippen MR) is 94.3 cm³/mol. The summed E-state index contributed by atoms with van der Waals surface area (Å²) >= 11 is 0. The molecule has 2 N–H and O–H groups in total. The van der Waals surface area contributed by atoms with Crippen molar-refractivity contribution in [1.82, 2.24) is 5.32 Å². The van der Waals surface area contributed by atoms with Gasteiger partial charge in [0, 0.05) is 7.11 Å². The van der Waals surface area contributed by atoms with Crippen molar-refractivity contribution in [2.45, 2.75) is 25.7 Å². The maximum Gasteiger partial charge on any atom is 0.408 e. The number of hydrogen-bond acceptors (Lipinski definition) is 4.